The Balaban J connectivity index is 2.26. The van der Waals surface area contributed by atoms with Gasteiger partial charge in [-0.15, -0.1) is 0 Å². The molecule has 1 N–H and O–H groups in total. The van der Waals surface area contributed by atoms with E-state index in [4.69, 9.17) is 4.18 Å². The van der Waals surface area contributed by atoms with E-state index in [1.807, 2.05) is 0 Å². The lowest BCUT2D eigenvalue weighted by atomic mass is 9.73. The molecule has 2 fully saturated rings. The van der Waals surface area contributed by atoms with Crippen molar-refractivity contribution in [2.24, 2.45) is 11.3 Å². The zero-order valence-electron chi connectivity index (χ0n) is 9.18. The number of hydrogen-bond donors (Lipinski definition) is 1. The highest BCUT2D eigenvalue weighted by atomic mass is 32.2. The molecule has 2 bridgehead atoms. The van der Waals surface area contributed by atoms with Gasteiger partial charge in [0.1, 0.15) is 0 Å². The summed E-state index contributed by atoms with van der Waals surface area (Å²) < 4.78 is 27.2. The zero-order valence-corrected chi connectivity index (χ0v) is 10.00. The third-order valence-corrected chi connectivity index (χ3v) is 4.40. The van der Waals surface area contributed by atoms with Gasteiger partial charge in [-0.2, -0.15) is 8.42 Å². The van der Waals surface area contributed by atoms with Gasteiger partial charge in [-0.05, 0) is 38.0 Å². The van der Waals surface area contributed by atoms with Gasteiger partial charge in [-0.1, -0.05) is 0 Å². The van der Waals surface area contributed by atoms with Crippen molar-refractivity contribution in [2.75, 3.05) is 6.26 Å². The van der Waals surface area contributed by atoms with E-state index in [0.29, 0.717) is 25.2 Å². The Bertz CT molecular complexity index is 401. The maximum Gasteiger partial charge on any atom is 0.312 e. The molecule has 92 valence electrons. The van der Waals surface area contributed by atoms with Crippen LogP contribution in [-0.4, -0.2) is 31.9 Å². The van der Waals surface area contributed by atoms with E-state index >= 15 is 0 Å². The molecule has 0 radical (unpaired) electrons. The molecular weight excluding hydrogens is 232 g/mol. The molecule has 5 nitrogen and oxygen atoms in total. The van der Waals surface area contributed by atoms with Crippen molar-refractivity contribution in [3.05, 3.63) is 0 Å². The van der Waals surface area contributed by atoms with Crippen molar-refractivity contribution in [3.63, 3.8) is 0 Å². The summed E-state index contributed by atoms with van der Waals surface area (Å²) in [7, 11) is -3.58. The number of carboxylic acids is 1. The molecule has 0 spiro atoms. The maximum atomic E-state index is 11.4. The van der Waals surface area contributed by atoms with Crippen LogP contribution in [0.25, 0.3) is 0 Å². The molecule has 3 unspecified atom stereocenters. The number of carboxylic acid groups (broad SMARTS) is 1. The van der Waals surface area contributed by atoms with Gasteiger partial charge >= 0.3 is 5.97 Å². The molecular formula is C10H16O5S. The van der Waals surface area contributed by atoms with Gasteiger partial charge < -0.3 is 5.11 Å². The molecule has 0 saturated heterocycles. The van der Waals surface area contributed by atoms with Crippen LogP contribution in [0.3, 0.4) is 0 Å². The standard InChI is InChI=1S/C10H16O5S/c1-16(13,14)15-8-3-2-7-4-5-10(8,6-7)9(11)12/h7-8H,2-6H2,1H3,(H,11,12). The number of hydrogen-bond acceptors (Lipinski definition) is 4. The van der Waals surface area contributed by atoms with Crippen LogP contribution in [-0.2, 0) is 19.1 Å². The molecule has 0 aromatic carbocycles. The van der Waals surface area contributed by atoms with E-state index in [2.05, 4.69) is 0 Å². The van der Waals surface area contributed by atoms with Crippen LogP contribution in [0.2, 0.25) is 0 Å². The normalized spacial score (nSPS) is 38.6. The van der Waals surface area contributed by atoms with Crippen molar-refractivity contribution >= 4 is 16.1 Å². The molecule has 16 heavy (non-hydrogen) atoms. The van der Waals surface area contributed by atoms with Crippen LogP contribution in [0.5, 0.6) is 0 Å². The average molecular weight is 248 g/mol. The fourth-order valence-electron chi connectivity index (χ4n) is 3.07. The molecule has 2 rings (SSSR count). The van der Waals surface area contributed by atoms with Crippen LogP contribution >= 0.6 is 0 Å². The molecule has 0 aromatic rings. The molecule has 0 amide bonds. The van der Waals surface area contributed by atoms with Gasteiger partial charge in [0, 0.05) is 0 Å². The second kappa shape index (κ2) is 3.70. The highest BCUT2D eigenvalue weighted by Gasteiger charge is 2.55. The summed E-state index contributed by atoms with van der Waals surface area (Å²) in [5.74, 6) is -0.487. The fourth-order valence-corrected chi connectivity index (χ4v) is 3.77. The lowest BCUT2D eigenvalue weighted by Gasteiger charge is -2.36. The second-order valence-electron chi connectivity index (χ2n) is 4.94. The summed E-state index contributed by atoms with van der Waals surface area (Å²) >= 11 is 0. The molecule has 2 aliphatic carbocycles. The zero-order chi connectivity index (χ0) is 12.0. The first-order valence-corrected chi connectivity index (χ1v) is 7.27. The largest absolute Gasteiger partial charge is 0.481 e. The number of fused-ring (bicyclic) bond motifs is 2. The Hall–Kier alpha value is -0.620. The number of carbonyl (C=O) groups is 1. The fraction of sp³-hybridized carbons (Fsp3) is 0.900. The summed E-state index contributed by atoms with van der Waals surface area (Å²) in [6, 6.07) is 0. The van der Waals surface area contributed by atoms with Crippen molar-refractivity contribution in [1.82, 2.24) is 0 Å². The predicted molar refractivity (Wildman–Crippen MR) is 56.4 cm³/mol. The molecule has 0 aliphatic heterocycles. The molecule has 2 aliphatic rings. The topological polar surface area (TPSA) is 80.7 Å². The van der Waals surface area contributed by atoms with Gasteiger partial charge in [-0.3, -0.25) is 8.98 Å². The Kier molecular flexibility index (Phi) is 2.74. The molecule has 0 heterocycles. The molecule has 6 heteroatoms. The lowest BCUT2D eigenvalue weighted by molar-refractivity contribution is -0.156. The van der Waals surface area contributed by atoms with Crippen LogP contribution in [0, 0.1) is 11.3 Å². The predicted octanol–water partition coefficient (Wildman–Crippen LogP) is 0.996. The van der Waals surface area contributed by atoms with Crippen LogP contribution in [0.15, 0.2) is 0 Å². The van der Waals surface area contributed by atoms with Gasteiger partial charge in [0.2, 0.25) is 0 Å². The molecule has 0 aromatic heterocycles. The van der Waals surface area contributed by atoms with Gasteiger partial charge in [0.25, 0.3) is 10.1 Å². The van der Waals surface area contributed by atoms with Crippen molar-refractivity contribution in [3.8, 4) is 0 Å². The summed E-state index contributed by atoms with van der Waals surface area (Å²) in [6.07, 6.45) is 3.66. The average Bonchev–Trinajstić information content (AvgIpc) is 2.49. The van der Waals surface area contributed by atoms with Crippen molar-refractivity contribution < 1.29 is 22.5 Å². The first-order valence-electron chi connectivity index (χ1n) is 5.45. The molecule has 3 atom stereocenters. The first kappa shape index (κ1) is 11.9. The third kappa shape index (κ3) is 1.96. The van der Waals surface area contributed by atoms with E-state index in [1.54, 1.807) is 0 Å². The maximum absolute atomic E-state index is 11.4. The smallest absolute Gasteiger partial charge is 0.312 e. The Morgan fingerprint density at radius 3 is 2.62 bits per heavy atom. The van der Waals surface area contributed by atoms with Crippen LogP contribution in [0.1, 0.15) is 32.1 Å². The van der Waals surface area contributed by atoms with Crippen LogP contribution < -0.4 is 0 Å². The molecule has 2 saturated carbocycles. The summed E-state index contributed by atoms with van der Waals surface area (Å²) in [4.78, 5) is 11.4. The van der Waals surface area contributed by atoms with E-state index in [9.17, 15) is 18.3 Å². The summed E-state index contributed by atoms with van der Waals surface area (Å²) in [5, 5.41) is 9.31. The van der Waals surface area contributed by atoms with Gasteiger partial charge in [0.05, 0.1) is 17.8 Å². The highest BCUT2D eigenvalue weighted by molar-refractivity contribution is 7.86. The van der Waals surface area contributed by atoms with Crippen molar-refractivity contribution in [2.45, 2.75) is 38.2 Å². The van der Waals surface area contributed by atoms with Crippen molar-refractivity contribution in [1.29, 1.82) is 0 Å². The number of aliphatic carboxylic acids is 1. The Labute approximate surface area is 94.9 Å². The van der Waals surface area contributed by atoms with E-state index in [-0.39, 0.29) is 0 Å². The van der Waals surface area contributed by atoms with Gasteiger partial charge in [-0.25, -0.2) is 0 Å². The first-order chi connectivity index (χ1) is 7.33. The second-order valence-corrected chi connectivity index (χ2v) is 6.54. The van der Waals surface area contributed by atoms with E-state index in [1.165, 1.54) is 0 Å². The minimum atomic E-state index is -3.58. The number of rotatable bonds is 3. The quantitative estimate of drug-likeness (QED) is 0.753. The SMILES string of the molecule is CS(=O)(=O)OC1CCC2CCC1(C(=O)O)C2. The van der Waals surface area contributed by atoms with Gasteiger partial charge in [0.15, 0.2) is 0 Å². The minimum Gasteiger partial charge on any atom is -0.481 e. The summed E-state index contributed by atoms with van der Waals surface area (Å²) in [5.41, 5.74) is -0.966. The van der Waals surface area contributed by atoms with Crippen LogP contribution in [0.4, 0.5) is 0 Å². The monoisotopic (exact) mass is 248 g/mol. The lowest BCUT2D eigenvalue weighted by Crippen LogP contribution is -2.45. The third-order valence-electron chi connectivity index (χ3n) is 3.82. The van der Waals surface area contributed by atoms with E-state index < -0.39 is 27.6 Å². The Morgan fingerprint density at radius 2 is 2.06 bits per heavy atom. The summed E-state index contributed by atoms with van der Waals surface area (Å²) in [6.45, 7) is 0. The van der Waals surface area contributed by atoms with E-state index in [0.717, 1.165) is 19.1 Å². The Morgan fingerprint density at radius 1 is 1.38 bits per heavy atom. The minimum absolute atomic E-state index is 0.426. The highest BCUT2D eigenvalue weighted by Crippen LogP contribution is 2.52.